The van der Waals surface area contributed by atoms with E-state index in [-0.39, 0.29) is 24.4 Å². The number of carbonyl (C=O) groups is 2. The summed E-state index contributed by atoms with van der Waals surface area (Å²) < 4.78 is 0.899. The minimum Gasteiger partial charge on any atom is -0.345 e. The molecule has 2 N–H and O–H groups in total. The summed E-state index contributed by atoms with van der Waals surface area (Å²) in [4.78, 5) is 25.2. The molecule has 0 heterocycles. The number of nitrogens with one attached hydrogen (secondary N) is 2. The highest BCUT2D eigenvalue weighted by molar-refractivity contribution is 9.10. The van der Waals surface area contributed by atoms with Gasteiger partial charge in [0.15, 0.2) is 0 Å². The van der Waals surface area contributed by atoms with Gasteiger partial charge in [-0.2, -0.15) is 0 Å². The number of amides is 2. The fraction of sp³-hybridized carbons (Fsp3) is 0.429. The molecule has 0 saturated carbocycles. The maximum Gasteiger partial charge on any atom is 0.239 e. The van der Waals surface area contributed by atoms with Crippen LogP contribution in [0.2, 0.25) is 0 Å². The molecule has 1 atom stereocenters. The molecule has 1 rings (SSSR count). The van der Waals surface area contributed by atoms with Crippen LogP contribution in [-0.4, -0.2) is 42.9 Å². The first-order valence-corrected chi connectivity index (χ1v) is 7.27. The Kier molecular flexibility index (Phi) is 6.67. The van der Waals surface area contributed by atoms with Crippen LogP contribution in [0.5, 0.6) is 0 Å². The Morgan fingerprint density at radius 3 is 2.70 bits per heavy atom. The summed E-state index contributed by atoms with van der Waals surface area (Å²) in [7, 11) is 1.74. The second-order valence-electron chi connectivity index (χ2n) is 4.51. The molecule has 5 nitrogen and oxygen atoms in total. The molecule has 20 heavy (non-hydrogen) atoms. The molecule has 0 aliphatic rings. The average molecular weight is 342 g/mol. The predicted octanol–water partition coefficient (Wildman–Crippen LogP) is 1.84. The summed E-state index contributed by atoms with van der Waals surface area (Å²) >= 11 is 3.34. The summed E-state index contributed by atoms with van der Waals surface area (Å²) in [5, 5.41) is 5.68. The number of carbonyl (C=O) groups excluding carboxylic acids is 2. The van der Waals surface area contributed by atoms with Gasteiger partial charge in [-0.05, 0) is 32.0 Å². The van der Waals surface area contributed by atoms with Crippen molar-refractivity contribution in [3.63, 3.8) is 0 Å². The molecule has 0 bridgehead atoms. The Bertz CT molecular complexity index is 479. The van der Waals surface area contributed by atoms with Crippen LogP contribution in [0.1, 0.15) is 13.8 Å². The van der Waals surface area contributed by atoms with Crippen molar-refractivity contribution in [1.29, 1.82) is 0 Å². The van der Waals surface area contributed by atoms with Crippen LogP contribution >= 0.6 is 15.9 Å². The van der Waals surface area contributed by atoms with E-state index in [1.165, 1.54) is 0 Å². The summed E-state index contributed by atoms with van der Waals surface area (Å²) in [6.07, 6.45) is 0. The lowest BCUT2D eigenvalue weighted by Gasteiger charge is -2.20. The minimum absolute atomic E-state index is 0.0252. The van der Waals surface area contributed by atoms with Gasteiger partial charge >= 0.3 is 0 Å². The number of halogens is 1. The van der Waals surface area contributed by atoms with Gasteiger partial charge in [-0.3, -0.25) is 14.9 Å². The monoisotopic (exact) mass is 341 g/mol. The summed E-state index contributed by atoms with van der Waals surface area (Å²) in [6, 6.07) is 6.97. The van der Waals surface area contributed by atoms with Crippen LogP contribution in [-0.2, 0) is 9.59 Å². The first-order chi connectivity index (χ1) is 9.43. The van der Waals surface area contributed by atoms with E-state index in [9.17, 15) is 9.59 Å². The van der Waals surface area contributed by atoms with E-state index in [1.807, 2.05) is 31.2 Å². The number of hydrogen-bond acceptors (Lipinski definition) is 3. The van der Waals surface area contributed by atoms with Gasteiger partial charge in [-0.15, -0.1) is 0 Å². The standard InChI is InChI=1S/C14H20BrN3O2/c1-4-18(3)14(20)10(2)16-9-13(19)17-12-7-5-6-11(15)8-12/h5-8,10,16H,4,9H2,1-3H3,(H,17,19). The third kappa shape index (κ3) is 5.30. The number of likely N-dealkylation sites (N-methyl/N-ethyl adjacent to an activating group) is 1. The van der Waals surface area contributed by atoms with E-state index in [0.717, 1.165) is 10.2 Å². The van der Waals surface area contributed by atoms with E-state index in [0.29, 0.717) is 6.54 Å². The topological polar surface area (TPSA) is 61.4 Å². The van der Waals surface area contributed by atoms with Crippen LogP contribution in [0.3, 0.4) is 0 Å². The van der Waals surface area contributed by atoms with Gasteiger partial charge in [-0.1, -0.05) is 22.0 Å². The molecule has 1 aromatic carbocycles. The van der Waals surface area contributed by atoms with Crippen molar-refractivity contribution >= 4 is 33.4 Å². The van der Waals surface area contributed by atoms with Crippen LogP contribution in [0.15, 0.2) is 28.7 Å². The zero-order valence-electron chi connectivity index (χ0n) is 11.9. The molecule has 0 spiro atoms. The van der Waals surface area contributed by atoms with Crippen molar-refractivity contribution in [3.8, 4) is 0 Å². The van der Waals surface area contributed by atoms with Gasteiger partial charge in [0.2, 0.25) is 11.8 Å². The lowest BCUT2D eigenvalue weighted by atomic mass is 10.3. The first-order valence-electron chi connectivity index (χ1n) is 6.47. The first kappa shape index (κ1) is 16.7. The molecule has 1 unspecified atom stereocenters. The molecule has 110 valence electrons. The second kappa shape index (κ2) is 8.01. The highest BCUT2D eigenvalue weighted by atomic mass is 79.9. The Morgan fingerprint density at radius 2 is 2.10 bits per heavy atom. The number of rotatable bonds is 6. The molecule has 0 radical (unpaired) electrons. The van der Waals surface area contributed by atoms with Gasteiger partial charge in [-0.25, -0.2) is 0 Å². The van der Waals surface area contributed by atoms with E-state index >= 15 is 0 Å². The molecule has 2 amide bonds. The third-order valence-corrected chi connectivity index (χ3v) is 3.39. The molecule has 0 aliphatic carbocycles. The fourth-order valence-corrected chi connectivity index (χ4v) is 1.99. The van der Waals surface area contributed by atoms with Gasteiger partial charge in [0.25, 0.3) is 0 Å². The second-order valence-corrected chi connectivity index (χ2v) is 5.43. The maximum absolute atomic E-state index is 11.8. The zero-order valence-corrected chi connectivity index (χ0v) is 13.5. The molecule has 0 fully saturated rings. The van der Waals surface area contributed by atoms with Gasteiger partial charge in [0, 0.05) is 23.8 Å². The highest BCUT2D eigenvalue weighted by Gasteiger charge is 2.16. The molecular weight excluding hydrogens is 322 g/mol. The molecule has 0 aromatic heterocycles. The molecule has 0 aliphatic heterocycles. The van der Waals surface area contributed by atoms with Crippen molar-refractivity contribution in [2.24, 2.45) is 0 Å². The lowest BCUT2D eigenvalue weighted by Crippen LogP contribution is -2.45. The quantitative estimate of drug-likeness (QED) is 0.829. The van der Waals surface area contributed by atoms with E-state index in [1.54, 1.807) is 18.9 Å². The van der Waals surface area contributed by atoms with E-state index in [2.05, 4.69) is 26.6 Å². The molecule has 6 heteroatoms. The fourth-order valence-electron chi connectivity index (χ4n) is 1.59. The number of anilines is 1. The zero-order chi connectivity index (χ0) is 15.1. The normalized spacial score (nSPS) is 11.8. The largest absolute Gasteiger partial charge is 0.345 e. The Labute approximate surface area is 127 Å². The predicted molar refractivity (Wildman–Crippen MR) is 83.5 cm³/mol. The van der Waals surface area contributed by atoms with Crippen LogP contribution in [0.4, 0.5) is 5.69 Å². The Balaban J connectivity index is 2.42. The van der Waals surface area contributed by atoms with Crippen molar-refractivity contribution in [2.75, 3.05) is 25.5 Å². The average Bonchev–Trinajstić information content (AvgIpc) is 2.43. The SMILES string of the molecule is CCN(C)C(=O)C(C)NCC(=O)Nc1cccc(Br)c1. The maximum atomic E-state index is 11.8. The van der Waals surface area contributed by atoms with Crippen molar-refractivity contribution < 1.29 is 9.59 Å². The summed E-state index contributed by atoms with van der Waals surface area (Å²) in [6.45, 7) is 4.40. The van der Waals surface area contributed by atoms with Crippen molar-refractivity contribution in [2.45, 2.75) is 19.9 Å². The number of benzene rings is 1. The number of nitrogens with zero attached hydrogens (tertiary/aromatic N) is 1. The smallest absolute Gasteiger partial charge is 0.239 e. The molecule has 0 saturated heterocycles. The molecule has 1 aromatic rings. The third-order valence-electron chi connectivity index (χ3n) is 2.90. The van der Waals surface area contributed by atoms with Crippen molar-refractivity contribution in [3.05, 3.63) is 28.7 Å². The Hall–Kier alpha value is -1.40. The van der Waals surface area contributed by atoms with Crippen LogP contribution in [0.25, 0.3) is 0 Å². The summed E-state index contributed by atoms with van der Waals surface area (Å²) in [5.41, 5.74) is 0.718. The highest BCUT2D eigenvalue weighted by Crippen LogP contribution is 2.15. The summed E-state index contributed by atoms with van der Waals surface area (Å²) in [5.74, 6) is -0.204. The van der Waals surface area contributed by atoms with Crippen molar-refractivity contribution in [1.82, 2.24) is 10.2 Å². The number of hydrogen-bond donors (Lipinski definition) is 2. The van der Waals surface area contributed by atoms with Gasteiger partial charge < -0.3 is 10.2 Å². The lowest BCUT2D eigenvalue weighted by molar-refractivity contribution is -0.131. The van der Waals surface area contributed by atoms with Gasteiger partial charge in [0.05, 0.1) is 12.6 Å². The minimum atomic E-state index is -0.381. The van der Waals surface area contributed by atoms with Crippen LogP contribution in [0, 0.1) is 0 Å². The Morgan fingerprint density at radius 1 is 1.40 bits per heavy atom. The van der Waals surface area contributed by atoms with E-state index in [4.69, 9.17) is 0 Å². The molecular formula is C14H20BrN3O2. The van der Waals surface area contributed by atoms with Crippen LogP contribution < -0.4 is 10.6 Å². The van der Waals surface area contributed by atoms with E-state index < -0.39 is 0 Å². The van der Waals surface area contributed by atoms with Gasteiger partial charge in [0.1, 0.15) is 0 Å².